The van der Waals surface area contributed by atoms with E-state index < -0.39 is 25.4 Å². The molecule has 0 aromatic heterocycles. The van der Waals surface area contributed by atoms with Gasteiger partial charge < -0.3 is 50.9 Å². The minimum Gasteiger partial charge on any atom is -0.379 e. The Balaban J connectivity index is 0. The molecular formula is C32H55ClN8O14. The predicted octanol–water partition coefficient (Wildman–Crippen LogP) is 3.84. The van der Waals surface area contributed by atoms with E-state index in [-0.39, 0.29) is 29.2 Å². The number of ether oxygens (including phenoxy) is 6. The number of hydrogen-bond acceptors (Lipinski definition) is 18. The largest absolute Gasteiger partial charge is 0.379 e. The maximum Gasteiger partial charge on any atom is 0.299 e. The predicted molar refractivity (Wildman–Crippen MR) is 206 cm³/mol. The Hall–Kier alpha value is -4.23. The van der Waals surface area contributed by atoms with Gasteiger partial charge in [-0.1, -0.05) is 11.6 Å². The molecule has 0 bridgehead atoms. The zero-order valence-corrected chi connectivity index (χ0v) is 31.5. The monoisotopic (exact) mass is 811 g/mol. The number of rotatable bonds is 30. The lowest BCUT2D eigenvalue weighted by Crippen LogP contribution is -2.12. The second kappa shape index (κ2) is 34.3. The molecule has 2 aromatic carbocycles. The molecule has 0 aliphatic heterocycles. The van der Waals surface area contributed by atoms with Crippen LogP contribution in [0.4, 0.5) is 28.4 Å². The lowest BCUT2D eigenvalue weighted by Gasteiger charge is -2.08. The van der Waals surface area contributed by atoms with E-state index in [1.807, 2.05) is 0 Å². The molecule has 0 fully saturated rings. The molecule has 2 aromatic rings. The molecule has 22 nitrogen and oxygen atoms in total. The fourth-order valence-corrected chi connectivity index (χ4v) is 3.91. The SMILES string of the molecule is NCCCOCCOCCOCCCN.NCCCOCCOCCOCCCNc1ccc([N+](=O)[O-])cc1[N+](=O)[O-].O=[N+]([O-])c1ccc(Cl)c([N+](=O)[O-])c1.[2HH]. The number of nitro benzene ring substituents is 4. The Morgan fingerprint density at radius 2 is 0.855 bits per heavy atom. The van der Waals surface area contributed by atoms with Gasteiger partial charge in [0.05, 0.1) is 84.7 Å². The van der Waals surface area contributed by atoms with Gasteiger partial charge in [-0.2, -0.15) is 0 Å². The van der Waals surface area contributed by atoms with Crippen LogP contribution in [0.3, 0.4) is 0 Å². The van der Waals surface area contributed by atoms with Crippen LogP contribution in [0.5, 0.6) is 0 Å². The van der Waals surface area contributed by atoms with Crippen LogP contribution in [-0.2, 0) is 28.4 Å². The van der Waals surface area contributed by atoms with E-state index in [4.69, 9.17) is 57.2 Å². The first kappa shape index (κ1) is 50.8. The van der Waals surface area contributed by atoms with E-state index in [2.05, 4.69) is 5.32 Å². The normalized spacial score (nSPS) is 10.5. The summed E-state index contributed by atoms with van der Waals surface area (Å²) < 4.78 is 31.8. The lowest BCUT2D eigenvalue weighted by molar-refractivity contribution is -0.394. The highest BCUT2D eigenvalue weighted by atomic mass is 35.5. The summed E-state index contributed by atoms with van der Waals surface area (Å²) in [6, 6.07) is 6.55. The molecule has 0 atom stereocenters. The van der Waals surface area contributed by atoms with E-state index >= 15 is 0 Å². The highest BCUT2D eigenvalue weighted by Gasteiger charge is 2.19. The number of hydrogen-bond donors (Lipinski definition) is 4. The minimum atomic E-state index is -0.769. The Bertz CT molecular complexity index is 1360. The molecule has 55 heavy (non-hydrogen) atoms. The van der Waals surface area contributed by atoms with Gasteiger partial charge in [0.2, 0.25) is 0 Å². The van der Waals surface area contributed by atoms with Crippen molar-refractivity contribution >= 4 is 40.0 Å². The van der Waals surface area contributed by atoms with Gasteiger partial charge in [0.15, 0.2) is 0 Å². The molecule has 0 aliphatic carbocycles. The van der Waals surface area contributed by atoms with Crippen LogP contribution in [0.1, 0.15) is 27.1 Å². The number of non-ortho nitro benzene ring substituents is 2. The van der Waals surface area contributed by atoms with Crippen LogP contribution in [0.2, 0.25) is 5.02 Å². The third-order valence-electron chi connectivity index (χ3n) is 6.47. The zero-order valence-electron chi connectivity index (χ0n) is 30.7. The molecule has 2 rings (SSSR count). The number of nitrogens with zero attached hydrogens (tertiary/aromatic N) is 4. The number of anilines is 1. The summed E-state index contributed by atoms with van der Waals surface area (Å²) in [7, 11) is 0. The molecule has 0 aliphatic rings. The summed E-state index contributed by atoms with van der Waals surface area (Å²) >= 11 is 5.43. The van der Waals surface area contributed by atoms with Crippen LogP contribution in [-0.4, -0.2) is 125 Å². The number of nitrogens with two attached hydrogens (primary N) is 3. The molecule has 0 heterocycles. The molecule has 0 amide bonds. The molecule has 23 heteroatoms. The van der Waals surface area contributed by atoms with Crippen LogP contribution in [0, 0.1) is 40.5 Å². The molecule has 0 radical (unpaired) electrons. The van der Waals surface area contributed by atoms with Gasteiger partial charge >= 0.3 is 0 Å². The number of halogens is 1. The van der Waals surface area contributed by atoms with Crippen molar-refractivity contribution in [1.82, 2.24) is 0 Å². The number of nitro groups is 4. The number of nitrogens with one attached hydrogen (secondary N) is 1. The minimum absolute atomic E-state index is 0. The molecule has 0 spiro atoms. The van der Waals surface area contributed by atoms with Crippen molar-refractivity contribution in [1.29, 1.82) is 0 Å². The van der Waals surface area contributed by atoms with Gasteiger partial charge in [-0.25, -0.2) is 0 Å². The summed E-state index contributed by atoms with van der Waals surface area (Å²) in [5.41, 5.74) is 14.7. The summed E-state index contributed by atoms with van der Waals surface area (Å²) in [5, 5.41) is 45.0. The first-order valence-electron chi connectivity index (χ1n) is 17.3. The first-order valence-corrected chi connectivity index (χ1v) is 17.7. The van der Waals surface area contributed by atoms with Gasteiger partial charge in [0.1, 0.15) is 10.7 Å². The fraction of sp³-hybridized carbons (Fsp3) is 0.625. The average molecular weight is 812 g/mol. The van der Waals surface area contributed by atoms with Crippen molar-refractivity contribution in [3.63, 3.8) is 0 Å². The summed E-state index contributed by atoms with van der Waals surface area (Å²) in [6.07, 6.45) is 3.26. The topological polar surface area (TPSA) is 318 Å². The van der Waals surface area contributed by atoms with Gasteiger partial charge in [-0.05, 0) is 57.5 Å². The molecule has 0 saturated carbocycles. The van der Waals surface area contributed by atoms with Crippen LogP contribution in [0.15, 0.2) is 36.4 Å². The van der Waals surface area contributed by atoms with E-state index in [0.29, 0.717) is 112 Å². The third kappa shape index (κ3) is 27.1. The van der Waals surface area contributed by atoms with Gasteiger partial charge in [-0.3, -0.25) is 40.5 Å². The van der Waals surface area contributed by atoms with Gasteiger partial charge in [0, 0.05) is 46.5 Å². The van der Waals surface area contributed by atoms with Crippen molar-refractivity contribution in [2.24, 2.45) is 17.2 Å². The molecule has 0 saturated heterocycles. The smallest absolute Gasteiger partial charge is 0.299 e. The number of benzene rings is 2. The van der Waals surface area contributed by atoms with Crippen molar-refractivity contribution in [2.45, 2.75) is 25.7 Å². The Morgan fingerprint density at radius 3 is 1.22 bits per heavy atom. The lowest BCUT2D eigenvalue weighted by atomic mass is 10.2. The van der Waals surface area contributed by atoms with E-state index in [1.54, 1.807) is 0 Å². The highest BCUT2D eigenvalue weighted by Crippen LogP contribution is 2.29. The molecule has 0 unspecified atom stereocenters. The second-order valence-corrected chi connectivity index (χ2v) is 11.2. The van der Waals surface area contributed by atoms with E-state index in [9.17, 15) is 40.5 Å². The van der Waals surface area contributed by atoms with Crippen molar-refractivity contribution in [2.75, 3.05) is 111 Å². The van der Waals surface area contributed by atoms with E-state index in [1.165, 1.54) is 12.1 Å². The first-order chi connectivity index (χ1) is 26.5. The van der Waals surface area contributed by atoms with Gasteiger partial charge in [-0.15, -0.1) is 0 Å². The molecular weight excluding hydrogens is 756 g/mol. The maximum atomic E-state index is 11.0. The Labute approximate surface area is 324 Å². The second-order valence-electron chi connectivity index (χ2n) is 10.7. The highest BCUT2D eigenvalue weighted by molar-refractivity contribution is 6.32. The van der Waals surface area contributed by atoms with Crippen molar-refractivity contribution in [3.05, 3.63) is 81.9 Å². The van der Waals surface area contributed by atoms with Crippen molar-refractivity contribution < 1.29 is 49.5 Å². The van der Waals surface area contributed by atoms with Crippen LogP contribution in [0.25, 0.3) is 0 Å². The van der Waals surface area contributed by atoms with Gasteiger partial charge in [0.25, 0.3) is 22.7 Å². The Kier molecular flexibility index (Phi) is 31.6. The zero-order chi connectivity index (χ0) is 41.1. The molecule has 7 N–H and O–H groups in total. The third-order valence-corrected chi connectivity index (χ3v) is 6.79. The average Bonchev–Trinajstić information content (AvgIpc) is 3.16. The van der Waals surface area contributed by atoms with Crippen molar-refractivity contribution in [3.8, 4) is 0 Å². The molecule has 314 valence electrons. The standard InChI is InChI=1S/C16H26N4O7.C10H24N2O3.C6H3ClN2O4.H2/c17-5-1-7-25-9-11-27-12-10-26-8-2-6-18-15-4-3-14(19(21)22)13-16(15)20(23)24;11-3-1-5-13-7-9-15-10-8-14-6-2-4-12;7-5-2-1-4(8(10)11)3-6(5)9(12)13;/h3-4,13,18H,1-2,5-12,17H2;1-12H2;1-3H;1H/i;;;1+1. The quantitative estimate of drug-likeness (QED) is 0.0494. The fourth-order valence-electron chi connectivity index (χ4n) is 3.73. The Morgan fingerprint density at radius 1 is 0.509 bits per heavy atom. The van der Waals surface area contributed by atoms with Crippen LogP contribution < -0.4 is 22.5 Å². The van der Waals surface area contributed by atoms with Crippen LogP contribution >= 0.6 is 11.6 Å². The maximum absolute atomic E-state index is 11.0. The summed E-state index contributed by atoms with van der Waals surface area (Å²) in [6.45, 7) is 9.35. The summed E-state index contributed by atoms with van der Waals surface area (Å²) in [5.74, 6) is 0. The summed E-state index contributed by atoms with van der Waals surface area (Å²) in [4.78, 5) is 39.4. The van der Waals surface area contributed by atoms with E-state index in [0.717, 1.165) is 43.5 Å².